The lowest BCUT2D eigenvalue weighted by atomic mass is 10.3. The zero-order valence-electron chi connectivity index (χ0n) is 9.57. The Morgan fingerprint density at radius 2 is 2.12 bits per heavy atom. The molecule has 0 saturated carbocycles. The summed E-state index contributed by atoms with van der Waals surface area (Å²) in [6.45, 7) is 6.49. The molecule has 0 aliphatic carbocycles. The van der Waals surface area contributed by atoms with E-state index in [0.717, 1.165) is 5.56 Å². The number of hydrogen-bond donors (Lipinski definition) is 1. The van der Waals surface area contributed by atoms with Crippen LogP contribution in [0.25, 0.3) is 0 Å². The van der Waals surface area contributed by atoms with E-state index in [1.165, 1.54) is 0 Å². The monoisotopic (exact) mass is 234 g/mol. The Morgan fingerprint density at radius 3 is 2.56 bits per heavy atom. The van der Waals surface area contributed by atoms with Crippen molar-refractivity contribution in [2.24, 2.45) is 5.73 Å². The third kappa shape index (κ3) is 4.62. The van der Waals surface area contributed by atoms with E-state index in [2.05, 4.69) is 40.8 Å². The van der Waals surface area contributed by atoms with Crippen molar-refractivity contribution < 1.29 is 9.53 Å². The van der Waals surface area contributed by atoms with E-state index in [1.807, 2.05) is 0 Å². The minimum absolute atomic E-state index is 0.186. The summed E-state index contributed by atoms with van der Waals surface area (Å²) in [6.07, 6.45) is 0.694. The van der Waals surface area contributed by atoms with Crippen molar-refractivity contribution in [1.82, 2.24) is 4.98 Å². The van der Waals surface area contributed by atoms with E-state index in [4.69, 9.17) is 5.73 Å². The van der Waals surface area contributed by atoms with Gasteiger partial charge in [0.25, 0.3) is 0 Å². The van der Waals surface area contributed by atoms with Crippen LogP contribution in [0.2, 0.25) is 19.6 Å². The molecule has 1 rings (SSSR count). The second-order valence-electron chi connectivity index (χ2n) is 4.31. The zero-order chi connectivity index (χ0) is 12.2. The van der Waals surface area contributed by atoms with Crippen LogP contribution in [0.3, 0.4) is 0 Å². The fourth-order valence-corrected chi connectivity index (χ4v) is 1.40. The number of carbonyl (C=O) groups is 1. The Bertz CT molecular complexity index is 438. The highest BCUT2D eigenvalue weighted by Gasteiger charge is 2.07. The molecule has 2 N–H and O–H groups in total. The number of hydrogen-bond acceptors (Lipinski definition) is 3. The van der Waals surface area contributed by atoms with Gasteiger partial charge in [0.1, 0.15) is 8.07 Å². The number of nitrogens with zero attached hydrogens (tertiary/aromatic N) is 1. The van der Waals surface area contributed by atoms with E-state index in [0.29, 0.717) is 0 Å². The fourth-order valence-electron chi connectivity index (χ4n) is 0.877. The summed E-state index contributed by atoms with van der Waals surface area (Å²) < 4.78 is 4.60. The van der Waals surface area contributed by atoms with Gasteiger partial charge in [-0.1, -0.05) is 25.6 Å². The van der Waals surface area contributed by atoms with Gasteiger partial charge in [-0.2, -0.15) is 0 Å². The van der Waals surface area contributed by atoms with Crippen LogP contribution in [-0.4, -0.2) is 19.2 Å². The van der Waals surface area contributed by atoms with Crippen molar-refractivity contribution in [3.05, 3.63) is 23.9 Å². The molecular formula is C11H14N2O2Si. The van der Waals surface area contributed by atoms with Gasteiger partial charge in [-0.05, 0) is 6.07 Å². The first-order chi connectivity index (χ1) is 7.37. The molecular weight excluding hydrogens is 220 g/mol. The minimum atomic E-state index is -1.37. The van der Waals surface area contributed by atoms with E-state index in [1.54, 1.807) is 18.3 Å². The summed E-state index contributed by atoms with van der Waals surface area (Å²) >= 11 is 0. The molecule has 0 bridgehead atoms. The van der Waals surface area contributed by atoms with Gasteiger partial charge in [0.05, 0.1) is 0 Å². The number of amides is 1. The van der Waals surface area contributed by atoms with Gasteiger partial charge in [-0.3, -0.25) is 0 Å². The number of ether oxygens (including phenoxy) is 1. The van der Waals surface area contributed by atoms with Crippen LogP contribution < -0.4 is 10.5 Å². The van der Waals surface area contributed by atoms with E-state index >= 15 is 0 Å². The molecule has 0 atom stereocenters. The lowest BCUT2D eigenvalue weighted by molar-refractivity contribution is 0.209. The summed E-state index contributed by atoms with van der Waals surface area (Å²) in [5.41, 5.74) is 8.87. The molecule has 1 amide bonds. The molecule has 0 saturated heterocycles. The fraction of sp³-hybridized carbons (Fsp3) is 0.273. The standard InChI is InChI=1S/C11H14N2O2Si/c1-16(2,3)7-6-9-4-5-10(13-8-9)15-11(12)14/h4-5,8H,1-3H3,(H2,12,14). The smallest absolute Gasteiger partial charge is 0.391 e. The van der Waals surface area contributed by atoms with Crippen molar-refractivity contribution in [2.45, 2.75) is 19.6 Å². The molecule has 0 aromatic carbocycles. The Balaban J connectivity index is 2.78. The average molecular weight is 234 g/mol. The summed E-state index contributed by atoms with van der Waals surface area (Å²) in [4.78, 5) is 14.4. The number of carbonyl (C=O) groups excluding carboxylic acids is 1. The molecule has 1 aromatic heterocycles. The molecule has 0 spiro atoms. The van der Waals surface area contributed by atoms with Gasteiger partial charge >= 0.3 is 6.09 Å². The molecule has 84 valence electrons. The highest BCUT2D eigenvalue weighted by atomic mass is 28.3. The largest absolute Gasteiger partial charge is 0.411 e. The Labute approximate surface area is 95.8 Å². The van der Waals surface area contributed by atoms with Crippen molar-refractivity contribution in [3.63, 3.8) is 0 Å². The minimum Gasteiger partial charge on any atom is -0.391 e. The maximum absolute atomic E-state index is 10.4. The van der Waals surface area contributed by atoms with Crippen molar-refractivity contribution in [3.8, 4) is 17.3 Å². The molecule has 0 unspecified atom stereocenters. The number of rotatable bonds is 1. The van der Waals surface area contributed by atoms with Crippen LogP contribution in [0.4, 0.5) is 4.79 Å². The predicted molar refractivity (Wildman–Crippen MR) is 64.7 cm³/mol. The molecule has 0 aliphatic heterocycles. The molecule has 1 heterocycles. The SMILES string of the molecule is C[Si](C)(C)C#Cc1ccc(OC(N)=O)nc1. The van der Waals surface area contributed by atoms with Gasteiger partial charge in [0.15, 0.2) is 0 Å². The van der Waals surface area contributed by atoms with Crippen molar-refractivity contribution >= 4 is 14.2 Å². The van der Waals surface area contributed by atoms with Gasteiger partial charge in [0, 0.05) is 17.8 Å². The van der Waals surface area contributed by atoms with Crippen LogP contribution in [-0.2, 0) is 0 Å². The lowest BCUT2D eigenvalue weighted by Gasteiger charge is -2.03. The molecule has 1 aromatic rings. The maximum atomic E-state index is 10.4. The van der Waals surface area contributed by atoms with Crippen LogP contribution in [0.5, 0.6) is 5.88 Å². The normalized spacial score (nSPS) is 10.2. The third-order valence-corrected chi connectivity index (χ3v) is 2.40. The molecule has 0 radical (unpaired) electrons. The maximum Gasteiger partial charge on any atom is 0.411 e. The third-order valence-electron chi connectivity index (χ3n) is 1.52. The first-order valence-corrected chi connectivity index (χ1v) is 8.33. The van der Waals surface area contributed by atoms with E-state index < -0.39 is 14.2 Å². The Hall–Kier alpha value is -1.80. The molecule has 5 heteroatoms. The first-order valence-electron chi connectivity index (χ1n) is 4.83. The van der Waals surface area contributed by atoms with Crippen LogP contribution in [0, 0.1) is 11.5 Å². The summed E-state index contributed by atoms with van der Waals surface area (Å²) in [6, 6.07) is 3.32. The second-order valence-corrected chi connectivity index (χ2v) is 9.06. The quantitative estimate of drug-likeness (QED) is 0.595. The molecule has 0 fully saturated rings. The van der Waals surface area contributed by atoms with Crippen LogP contribution >= 0.6 is 0 Å². The molecule has 16 heavy (non-hydrogen) atoms. The van der Waals surface area contributed by atoms with Gasteiger partial charge in [-0.15, -0.1) is 5.54 Å². The van der Waals surface area contributed by atoms with Gasteiger partial charge in [0.2, 0.25) is 5.88 Å². The summed E-state index contributed by atoms with van der Waals surface area (Å²) in [5, 5.41) is 0. The molecule has 4 nitrogen and oxygen atoms in total. The molecule has 0 aliphatic rings. The van der Waals surface area contributed by atoms with Crippen molar-refractivity contribution in [1.29, 1.82) is 0 Å². The highest BCUT2D eigenvalue weighted by molar-refractivity contribution is 6.83. The van der Waals surface area contributed by atoms with Crippen molar-refractivity contribution in [2.75, 3.05) is 0 Å². The van der Waals surface area contributed by atoms with Gasteiger partial charge < -0.3 is 10.5 Å². The summed E-state index contributed by atoms with van der Waals surface area (Å²) in [7, 11) is -1.37. The Kier molecular flexibility index (Phi) is 3.69. The predicted octanol–water partition coefficient (Wildman–Crippen LogP) is 1.77. The topological polar surface area (TPSA) is 65.2 Å². The first kappa shape index (κ1) is 12.3. The lowest BCUT2D eigenvalue weighted by Crippen LogP contribution is -2.17. The van der Waals surface area contributed by atoms with E-state index in [-0.39, 0.29) is 5.88 Å². The summed E-state index contributed by atoms with van der Waals surface area (Å²) in [5.74, 6) is 3.23. The number of nitrogens with two attached hydrogens (primary N) is 1. The van der Waals surface area contributed by atoms with Crippen LogP contribution in [0.15, 0.2) is 18.3 Å². The highest BCUT2D eigenvalue weighted by Crippen LogP contribution is 2.07. The van der Waals surface area contributed by atoms with Gasteiger partial charge in [-0.25, -0.2) is 9.78 Å². The number of aromatic nitrogens is 1. The Morgan fingerprint density at radius 1 is 1.44 bits per heavy atom. The second kappa shape index (κ2) is 4.81. The number of primary amides is 1. The number of pyridine rings is 1. The van der Waals surface area contributed by atoms with Crippen LogP contribution in [0.1, 0.15) is 5.56 Å². The average Bonchev–Trinajstić information content (AvgIpc) is 2.14. The van der Waals surface area contributed by atoms with E-state index in [9.17, 15) is 4.79 Å². The zero-order valence-corrected chi connectivity index (χ0v) is 10.6.